The van der Waals surface area contributed by atoms with Gasteiger partial charge in [-0.25, -0.2) is 0 Å². The Balaban J connectivity index is 0. The van der Waals surface area contributed by atoms with Gasteiger partial charge in [0.25, 0.3) is 0 Å². The van der Waals surface area contributed by atoms with Crippen LogP contribution in [0.4, 0.5) is 0 Å². The van der Waals surface area contributed by atoms with Gasteiger partial charge in [-0.15, -0.1) is 0 Å². The van der Waals surface area contributed by atoms with E-state index < -0.39 is 0 Å². The molecule has 0 spiro atoms. The first-order valence-electron chi connectivity index (χ1n) is 4.51. The van der Waals surface area contributed by atoms with Gasteiger partial charge in [-0.05, 0) is 32.6 Å². The third-order valence-corrected chi connectivity index (χ3v) is 1.81. The minimum Gasteiger partial charge on any atom is -0.311 e. The molecule has 0 aliphatic carbocycles. The van der Waals surface area contributed by atoms with E-state index >= 15 is 0 Å². The van der Waals surface area contributed by atoms with Crippen molar-refractivity contribution in [3.05, 3.63) is 0 Å². The molecule has 2 nitrogen and oxygen atoms in total. The Morgan fingerprint density at radius 1 is 1.50 bits per heavy atom. The fourth-order valence-corrected chi connectivity index (χ4v) is 1.03. The van der Waals surface area contributed by atoms with Crippen LogP contribution in [-0.4, -0.2) is 24.6 Å². The molecule has 1 unspecified atom stereocenters. The number of likely N-dealkylation sites (N-methyl/N-ethyl adjacent to an activating group) is 1. The van der Waals surface area contributed by atoms with Crippen LogP contribution in [0.25, 0.3) is 0 Å². The highest BCUT2D eigenvalue weighted by Crippen LogP contribution is 1.98. The minimum absolute atomic E-state index is 0.0344. The average Bonchev–Trinajstić information content (AvgIpc) is 2.09. The predicted molar refractivity (Wildman–Crippen MR) is 58.0 cm³/mol. The predicted octanol–water partition coefficient (Wildman–Crippen LogP) is 1.90. The fourth-order valence-electron chi connectivity index (χ4n) is 0.846. The van der Waals surface area contributed by atoms with Crippen LogP contribution in [0, 0.1) is 0 Å². The van der Waals surface area contributed by atoms with E-state index in [9.17, 15) is 4.79 Å². The molecular formula is C9H21NOS. The van der Waals surface area contributed by atoms with E-state index in [-0.39, 0.29) is 11.8 Å². The van der Waals surface area contributed by atoms with Gasteiger partial charge in [-0.1, -0.05) is 13.8 Å². The van der Waals surface area contributed by atoms with Gasteiger partial charge in [0, 0.05) is 0 Å². The van der Waals surface area contributed by atoms with Crippen LogP contribution in [0.15, 0.2) is 0 Å². The summed E-state index contributed by atoms with van der Waals surface area (Å²) in [4.78, 5) is 10.8. The van der Waals surface area contributed by atoms with Crippen LogP contribution in [0.3, 0.4) is 0 Å². The maximum atomic E-state index is 10.8. The molecule has 0 aromatic heterocycles. The Bertz CT molecular complexity index is 107. The molecule has 0 radical (unpaired) electrons. The monoisotopic (exact) mass is 191 g/mol. The molecular weight excluding hydrogens is 170 g/mol. The first kappa shape index (κ1) is 14.5. The van der Waals surface area contributed by atoms with Crippen molar-refractivity contribution < 1.29 is 4.79 Å². The number of hydrogen-bond acceptors (Lipinski definition) is 3. The molecule has 0 aromatic carbocycles. The van der Waals surface area contributed by atoms with Gasteiger partial charge in [0.2, 0.25) is 0 Å². The molecule has 0 heterocycles. The molecule has 0 aliphatic heterocycles. The smallest absolute Gasteiger partial charge is 0.146 e. The number of ketones is 1. The maximum Gasteiger partial charge on any atom is 0.146 e. The molecule has 12 heavy (non-hydrogen) atoms. The van der Waals surface area contributed by atoms with Crippen LogP contribution in [0.2, 0.25) is 0 Å². The van der Waals surface area contributed by atoms with E-state index in [1.807, 2.05) is 20.9 Å². The lowest BCUT2D eigenvalue weighted by atomic mass is 10.1. The summed E-state index contributed by atoms with van der Waals surface area (Å²) in [7, 11) is 1.81. The van der Waals surface area contributed by atoms with E-state index in [1.165, 1.54) is 0 Å². The van der Waals surface area contributed by atoms with E-state index in [1.54, 1.807) is 6.92 Å². The summed E-state index contributed by atoms with van der Waals surface area (Å²) in [5.74, 6) is 1.06. The summed E-state index contributed by atoms with van der Waals surface area (Å²) < 4.78 is 0. The lowest BCUT2D eigenvalue weighted by molar-refractivity contribution is -0.119. The van der Waals surface area contributed by atoms with Crippen LogP contribution < -0.4 is 5.32 Å². The maximum absolute atomic E-state index is 10.8. The van der Waals surface area contributed by atoms with Crippen molar-refractivity contribution in [3.8, 4) is 0 Å². The number of thiol groups is 1. The molecule has 0 saturated heterocycles. The van der Waals surface area contributed by atoms with Crippen molar-refractivity contribution >= 4 is 18.4 Å². The SMILES string of the molecule is CC.CNC(CCCS)C(C)=O. The molecule has 3 heteroatoms. The first-order valence-corrected chi connectivity index (χ1v) is 5.14. The lowest BCUT2D eigenvalue weighted by Crippen LogP contribution is -2.32. The highest BCUT2D eigenvalue weighted by atomic mass is 32.1. The molecule has 0 rings (SSSR count). The third kappa shape index (κ3) is 8.08. The number of carbonyl (C=O) groups is 1. The second kappa shape index (κ2) is 11.0. The molecule has 1 N–H and O–H groups in total. The number of hydrogen-bond donors (Lipinski definition) is 2. The standard InChI is InChI=1S/C7H15NOS.C2H6/c1-6(9)7(8-2)4-3-5-10;1-2/h7-8,10H,3-5H2,1-2H3;1-2H3. The molecule has 0 amide bonds. The summed E-state index contributed by atoms with van der Waals surface area (Å²) in [6, 6.07) is 0.0344. The second-order valence-corrected chi connectivity index (χ2v) is 2.76. The highest BCUT2D eigenvalue weighted by molar-refractivity contribution is 7.80. The molecule has 0 fully saturated rings. The zero-order chi connectivity index (χ0) is 9.98. The molecule has 0 aliphatic rings. The van der Waals surface area contributed by atoms with Crippen molar-refractivity contribution in [1.82, 2.24) is 5.32 Å². The Morgan fingerprint density at radius 2 is 2.00 bits per heavy atom. The van der Waals surface area contributed by atoms with Gasteiger partial charge >= 0.3 is 0 Å². The van der Waals surface area contributed by atoms with Gasteiger partial charge < -0.3 is 5.32 Å². The first-order chi connectivity index (χ1) is 5.72. The number of Topliss-reactive ketones (excluding diaryl/α,β-unsaturated/α-hetero) is 1. The topological polar surface area (TPSA) is 29.1 Å². The molecule has 0 saturated carbocycles. The van der Waals surface area contributed by atoms with E-state index in [0.717, 1.165) is 18.6 Å². The second-order valence-electron chi connectivity index (χ2n) is 2.32. The zero-order valence-corrected chi connectivity index (χ0v) is 9.45. The van der Waals surface area contributed by atoms with Gasteiger partial charge in [-0.2, -0.15) is 12.6 Å². The highest BCUT2D eigenvalue weighted by Gasteiger charge is 2.09. The van der Waals surface area contributed by atoms with E-state index in [0.29, 0.717) is 0 Å². The molecule has 0 aromatic rings. The molecule has 1 atom stereocenters. The van der Waals surface area contributed by atoms with Crippen molar-refractivity contribution in [1.29, 1.82) is 0 Å². The summed E-state index contributed by atoms with van der Waals surface area (Å²) in [6.07, 6.45) is 1.89. The minimum atomic E-state index is 0.0344. The van der Waals surface area contributed by atoms with E-state index in [4.69, 9.17) is 0 Å². The summed E-state index contributed by atoms with van der Waals surface area (Å²) in [5.41, 5.74) is 0. The van der Waals surface area contributed by atoms with Crippen molar-refractivity contribution in [2.24, 2.45) is 0 Å². The van der Waals surface area contributed by atoms with Crippen molar-refractivity contribution in [2.45, 2.75) is 39.7 Å². The van der Waals surface area contributed by atoms with Crippen LogP contribution in [-0.2, 0) is 4.79 Å². The van der Waals surface area contributed by atoms with Gasteiger partial charge in [-0.3, -0.25) is 4.79 Å². The quantitative estimate of drug-likeness (QED) is 0.650. The van der Waals surface area contributed by atoms with Gasteiger partial charge in [0.1, 0.15) is 5.78 Å². The fraction of sp³-hybridized carbons (Fsp3) is 0.889. The van der Waals surface area contributed by atoms with Crippen LogP contribution >= 0.6 is 12.6 Å². The Morgan fingerprint density at radius 3 is 2.25 bits per heavy atom. The van der Waals surface area contributed by atoms with Crippen LogP contribution in [0.5, 0.6) is 0 Å². The van der Waals surface area contributed by atoms with Crippen LogP contribution in [0.1, 0.15) is 33.6 Å². The lowest BCUT2D eigenvalue weighted by Gasteiger charge is -2.10. The average molecular weight is 191 g/mol. The number of rotatable bonds is 5. The number of carbonyl (C=O) groups excluding carboxylic acids is 1. The molecule has 0 bridgehead atoms. The van der Waals surface area contributed by atoms with Crippen molar-refractivity contribution in [2.75, 3.05) is 12.8 Å². The summed E-state index contributed by atoms with van der Waals surface area (Å²) >= 11 is 4.06. The van der Waals surface area contributed by atoms with Gasteiger partial charge in [0.05, 0.1) is 6.04 Å². The molecule has 74 valence electrons. The Hall–Kier alpha value is -0.0200. The largest absolute Gasteiger partial charge is 0.311 e. The summed E-state index contributed by atoms with van der Waals surface area (Å²) in [5, 5.41) is 2.95. The Kier molecular flexibility index (Phi) is 13.3. The van der Waals surface area contributed by atoms with E-state index in [2.05, 4.69) is 17.9 Å². The number of nitrogens with one attached hydrogen (secondary N) is 1. The van der Waals surface area contributed by atoms with Crippen molar-refractivity contribution in [3.63, 3.8) is 0 Å². The third-order valence-electron chi connectivity index (χ3n) is 1.49. The zero-order valence-electron chi connectivity index (χ0n) is 8.55. The summed E-state index contributed by atoms with van der Waals surface area (Å²) in [6.45, 7) is 5.61. The Labute approximate surface area is 81.5 Å². The normalized spacial score (nSPS) is 11.4. The van der Waals surface area contributed by atoms with Gasteiger partial charge in [0.15, 0.2) is 0 Å².